The maximum atomic E-state index is 12.5. The highest BCUT2D eigenvalue weighted by atomic mass is 16.5. The average molecular weight is 376 g/mol. The lowest BCUT2D eigenvalue weighted by molar-refractivity contribution is 0.0600. The number of para-hydroxylation sites is 2. The summed E-state index contributed by atoms with van der Waals surface area (Å²) >= 11 is 0. The summed E-state index contributed by atoms with van der Waals surface area (Å²) < 4.78 is 15.3. The third-order valence-electron chi connectivity index (χ3n) is 3.73. The van der Waals surface area contributed by atoms with E-state index in [1.165, 1.54) is 25.3 Å². The van der Waals surface area contributed by atoms with Gasteiger partial charge in [0, 0.05) is 0 Å². The molecule has 0 N–H and O–H groups in total. The van der Waals surface area contributed by atoms with Crippen LogP contribution in [0.5, 0.6) is 11.5 Å². The second kappa shape index (κ2) is 8.64. The normalized spacial score (nSPS) is 10.0. The second-order valence-electron chi connectivity index (χ2n) is 5.70. The Morgan fingerprint density at radius 1 is 0.571 bits per heavy atom. The van der Waals surface area contributed by atoms with E-state index in [0.717, 1.165) is 0 Å². The first-order valence-electron chi connectivity index (χ1n) is 8.34. The van der Waals surface area contributed by atoms with Crippen LogP contribution in [0.4, 0.5) is 0 Å². The van der Waals surface area contributed by atoms with E-state index in [1.54, 1.807) is 60.7 Å². The molecule has 0 fully saturated rings. The van der Waals surface area contributed by atoms with E-state index in [0.29, 0.717) is 11.5 Å². The maximum Gasteiger partial charge on any atom is 0.343 e. The molecule has 0 unspecified atom stereocenters. The SMILES string of the molecule is COC(=O)c1cc(C(=O)Oc2ccccc2)cc(C(=O)Oc2ccccc2)c1. The molecule has 0 amide bonds. The predicted octanol–water partition coefficient (Wildman–Crippen LogP) is 3.91. The zero-order valence-corrected chi connectivity index (χ0v) is 15.0. The van der Waals surface area contributed by atoms with Crippen LogP contribution in [-0.4, -0.2) is 25.0 Å². The van der Waals surface area contributed by atoms with Gasteiger partial charge in [-0.1, -0.05) is 36.4 Å². The van der Waals surface area contributed by atoms with Crippen molar-refractivity contribution in [3.8, 4) is 11.5 Å². The van der Waals surface area contributed by atoms with E-state index in [9.17, 15) is 14.4 Å². The number of hydrogen-bond acceptors (Lipinski definition) is 6. The highest BCUT2D eigenvalue weighted by Gasteiger charge is 2.19. The zero-order chi connectivity index (χ0) is 19.9. The molecular formula is C22H16O6. The highest BCUT2D eigenvalue weighted by molar-refractivity contribution is 6.01. The highest BCUT2D eigenvalue weighted by Crippen LogP contribution is 2.18. The first kappa shape index (κ1) is 18.8. The van der Waals surface area contributed by atoms with Crippen molar-refractivity contribution in [2.75, 3.05) is 7.11 Å². The summed E-state index contributed by atoms with van der Waals surface area (Å²) in [5.41, 5.74) is 0.0727. The molecule has 0 radical (unpaired) electrons. The Hall–Kier alpha value is -3.93. The molecule has 0 heterocycles. The quantitative estimate of drug-likeness (QED) is 0.496. The van der Waals surface area contributed by atoms with Gasteiger partial charge in [-0.3, -0.25) is 0 Å². The Kier molecular flexibility index (Phi) is 5.81. The molecule has 3 rings (SSSR count). The second-order valence-corrected chi connectivity index (χ2v) is 5.70. The molecule has 0 aliphatic heterocycles. The minimum absolute atomic E-state index is 0.0202. The Morgan fingerprint density at radius 3 is 1.29 bits per heavy atom. The molecule has 0 aliphatic carbocycles. The van der Waals surface area contributed by atoms with Crippen LogP contribution in [0, 0.1) is 0 Å². The van der Waals surface area contributed by atoms with Crippen LogP contribution >= 0.6 is 0 Å². The van der Waals surface area contributed by atoms with Crippen LogP contribution in [0.2, 0.25) is 0 Å². The van der Waals surface area contributed by atoms with E-state index in [2.05, 4.69) is 0 Å². The smallest absolute Gasteiger partial charge is 0.343 e. The van der Waals surface area contributed by atoms with Gasteiger partial charge in [0.1, 0.15) is 11.5 Å². The largest absolute Gasteiger partial charge is 0.465 e. The average Bonchev–Trinajstić information content (AvgIpc) is 2.74. The molecule has 140 valence electrons. The van der Waals surface area contributed by atoms with Gasteiger partial charge in [-0.2, -0.15) is 0 Å². The van der Waals surface area contributed by atoms with Crippen molar-refractivity contribution in [1.82, 2.24) is 0 Å². The van der Waals surface area contributed by atoms with E-state index >= 15 is 0 Å². The first-order valence-corrected chi connectivity index (χ1v) is 8.34. The van der Waals surface area contributed by atoms with Crippen LogP contribution in [0.25, 0.3) is 0 Å². The molecule has 28 heavy (non-hydrogen) atoms. The number of rotatable bonds is 5. The van der Waals surface area contributed by atoms with Crippen LogP contribution in [0.1, 0.15) is 31.1 Å². The third kappa shape index (κ3) is 4.62. The molecule has 6 heteroatoms. The van der Waals surface area contributed by atoms with E-state index < -0.39 is 17.9 Å². The molecule has 0 spiro atoms. The number of esters is 3. The molecule has 0 atom stereocenters. The van der Waals surface area contributed by atoms with Gasteiger partial charge >= 0.3 is 17.9 Å². The third-order valence-corrected chi connectivity index (χ3v) is 3.73. The number of methoxy groups -OCH3 is 1. The Bertz CT molecular complexity index is 924. The molecule has 3 aromatic rings. The van der Waals surface area contributed by atoms with Gasteiger partial charge in [0.05, 0.1) is 23.8 Å². The maximum absolute atomic E-state index is 12.5. The van der Waals surface area contributed by atoms with Crippen molar-refractivity contribution < 1.29 is 28.6 Å². The molecule has 0 saturated heterocycles. The summed E-state index contributed by atoms with van der Waals surface area (Å²) in [5, 5.41) is 0. The number of ether oxygens (including phenoxy) is 3. The molecule has 6 nitrogen and oxygen atoms in total. The number of carbonyl (C=O) groups is 3. The Balaban J connectivity index is 1.91. The predicted molar refractivity (Wildman–Crippen MR) is 101 cm³/mol. The van der Waals surface area contributed by atoms with Gasteiger partial charge in [0.15, 0.2) is 0 Å². The molecule has 0 aliphatic rings. The van der Waals surface area contributed by atoms with Crippen LogP contribution < -0.4 is 9.47 Å². The van der Waals surface area contributed by atoms with E-state index in [4.69, 9.17) is 14.2 Å². The fourth-order valence-corrected chi connectivity index (χ4v) is 2.41. The lowest BCUT2D eigenvalue weighted by atomic mass is 10.1. The van der Waals surface area contributed by atoms with Crippen molar-refractivity contribution in [3.05, 3.63) is 95.6 Å². The minimum Gasteiger partial charge on any atom is -0.465 e. The van der Waals surface area contributed by atoms with E-state index in [1.807, 2.05) is 0 Å². The molecule has 0 bridgehead atoms. The van der Waals surface area contributed by atoms with Gasteiger partial charge in [0.25, 0.3) is 0 Å². The fraction of sp³-hybridized carbons (Fsp3) is 0.0455. The van der Waals surface area contributed by atoms with Gasteiger partial charge in [-0.25, -0.2) is 14.4 Å². The van der Waals surface area contributed by atoms with Crippen molar-refractivity contribution in [3.63, 3.8) is 0 Å². The summed E-state index contributed by atoms with van der Waals surface area (Å²) in [4.78, 5) is 36.9. The standard InChI is InChI=1S/C22H16O6/c1-26-20(23)15-12-16(21(24)27-18-8-4-2-5-9-18)14-17(13-15)22(25)28-19-10-6-3-7-11-19/h2-14H,1H3. The molecule has 0 saturated carbocycles. The Labute approximate surface area is 161 Å². The summed E-state index contributed by atoms with van der Waals surface area (Å²) in [6, 6.07) is 20.8. The summed E-state index contributed by atoms with van der Waals surface area (Å²) in [6.45, 7) is 0. The van der Waals surface area contributed by atoms with Gasteiger partial charge in [0.2, 0.25) is 0 Å². The van der Waals surface area contributed by atoms with Gasteiger partial charge in [-0.05, 0) is 42.5 Å². The lowest BCUT2D eigenvalue weighted by Crippen LogP contribution is -2.15. The van der Waals surface area contributed by atoms with Crippen molar-refractivity contribution in [1.29, 1.82) is 0 Å². The van der Waals surface area contributed by atoms with Gasteiger partial charge in [-0.15, -0.1) is 0 Å². The molecule has 0 aromatic heterocycles. The van der Waals surface area contributed by atoms with E-state index in [-0.39, 0.29) is 16.7 Å². The minimum atomic E-state index is -0.717. The fourth-order valence-electron chi connectivity index (χ4n) is 2.41. The van der Waals surface area contributed by atoms with Crippen molar-refractivity contribution in [2.45, 2.75) is 0 Å². The number of hydrogen-bond donors (Lipinski definition) is 0. The number of benzene rings is 3. The number of carbonyl (C=O) groups excluding carboxylic acids is 3. The van der Waals surface area contributed by atoms with Crippen LogP contribution in [-0.2, 0) is 4.74 Å². The first-order chi connectivity index (χ1) is 13.6. The molecular weight excluding hydrogens is 360 g/mol. The lowest BCUT2D eigenvalue weighted by Gasteiger charge is -2.09. The van der Waals surface area contributed by atoms with Gasteiger partial charge < -0.3 is 14.2 Å². The molecule has 3 aromatic carbocycles. The Morgan fingerprint density at radius 2 is 0.929 bits per heavy atom. The van der Waals surface area contributed by atoms with Crippen LogP contribution in [0.3, 0.4) is 0 Å². The van der Waals surface area contributed by atoms with Crippen LogP contribution in [0.15, 0.2) is 78.9 Å². The zero-order valence-electron chi connectivity index (χ0n) is 15.0. The summed E-state index contributed by atoms with van der Waals surface area (Å²) in [6.07, 6.45) is 0. The van der Waals surface area contributed by atoms with Crippen molar-refractivity contribution in [2.24, 2.45) is 0 Å². The monoisotopic (exact) mass is 376 g/mol. The topological polar surface area (TPSA) is 78.9 Å². The van der Waals surface area contributed by atoms with Crippen molar-refractivity contribution >= 4 is 17.9 Å². The summed E-state index contributed by atoms with van der Waals surface area (Å²) in [7, 11) is 1.21. The summed E-state index contributed by atoms with van der Waals surface area (Å²) in [5.74, 6) is -1.45.